The van der Waals surface area contributed by atoms with Crippen LogP contribution in [-0.2, 0) is 19.5 Å². The van der Waals surface area contributed by atoms with Crippen molar-refractivity contribution in [3.63, 3.8) is 0 Å². The summed E-state index contributed by atoms with van der Waals surface area (Å²) >= 11 is 0. The van der Waals surface area contributed by atoms with E-state index in [4.69, 9.17) is 4.74 Å². The first-order valence-corrected chi connectivity index (χ1v) is 7.35. The molecule has 0 bridgehead atoms. The smallest absolute Gasteiger partial charge is 0.118 e. The Morgan fingerprint density at radius 3 is 2.48 bits per heavy atom. The highest BCUT2D eigenvalue weighted by Gasteiger charge is 2.09. The van der Waals surface area contributed by atoms with Gasteiger partial charge in [-0.25, -0.2) is 0 Å². The van der Waals surface area contributed by atoms with Gasteiger partial charge in [0.15, 0.2) is 0 Å². The van der Waals surface area contributed by atoms with Gasteiger partial charge in [-0.15, -0.1) is 0 Å². The normalized spacial score (nSPS) is 11.6. The zero-order chi connectivity index (χ0) is 15.3. The van der Waals surface area contributed by atoms with Gasteiger partial charge < -0.3 is 10.1 Å². The minimum atomic E-state index is 0.130. The summed E-state index contributed by atoms with van der Waals surface area (Å²) < 4.78 is 7.17. The van der Waals surface area contributed by atoms with Crippen LogP contribution in [0, 0.1) is 0 Å². The largest absolute Gasteiger partial charge is 0.497 e. The molecule has 0 atom stereocenters. The molecule has 2 aromatic rings. The second-order valence-corrected chi connectivity index (χ2v) is 6.31. The molecular formula is C17H25N3O. The van der Waals surface area contributed by atoms with Gasteiger partial charge >= 0.3 is 0 Å². The number of nitrogens with zero attached hydrogens (tertiary/aromatic N) is 2. The van der Waals surface area contributed by atoms with E-state index in [2.05, 4.69) is 49.5 Å². The molecule has 114 valence electrons. The van der Waals surface area contributed by atoms with E-state index in [1.807, 2.05) is 23.0 Å². The lowest BCUT2D eigenvalue weighted by Gasteiger charge is -2.19. The Morgan fingerprint density at radius 2 is 1.86 bits per heavy atom. The Balaban J connectivity index is 1.84. The molecule has 0 amide bonds. The summed E-state index contributed by atoms with van der Waals surface area (Å²) in [5.74, 6) is 0.897. The molecule has 4 heteroatoms. The zero-order valence-corrected chi connectivity index (χ0v) is 13.4. The fourth-order valence-corrected chi connectivity index (χ4v) is 2.02. The topological polar surface area (TPSA) is 39.1 Å². The first-order valence-electron chi connectivity index (χ1n) is 7.35. The van der Waals surface area contributed by atoms with Crippen LogP contribution in [0.2, 0.25) is 0 Å². The highest BCUT2D eigenvalue weighted by molar-refractivity contribution is 5.27. The van der Waals surface area contributed by atoms with Crippen LogP contribution in [0.15, 0.2) is 36.7 Å². The van der Waals surface area contributed by atoms with Gasteiger partial charge in [0, 0.05) is 30.4 Å². The summed E-state index contributed by atoms with van der Waals surface area (Å²) in [6.07, 6.45) is 5.02. The summed E-state index contributed by atoms with van der Waals surface area (Å²) in [5, 5.41) is 7.89. The molecule has 1 N–H and O–H groups in total. The molecule has 0 fully saturated rings. The highest BCUT2D eigenvalue weighted by atomic mass is 16.5. The minimum absolute atomic E-state index is 0.130. The molecule has 0 saturated heterocycles. The average Bonchev–Trinajstić information content (AvgIpc) is 2.91. The molecular weight excluding hydrogens is 262 g/mol. The number of rotatable bonds is 6. The van der Waals surface area contributed by atoms with Crippen molar-refractivity contribution in [3.05, 3.63) is 47.8 Å². The van der Waals surface area contributed by atoms with E-state index in [1.54, 1.807) is 7.11 Å². The van der Waals surface area contributed by atoms with Crippen LogP contribution >= 0.6 is 0 Å². The molecule has 1 aromatic carbocycles. The van der Waals surface area contributed by atoms with Gasteiger partial charge in [0.25, 0.3) is 0 Å². The maximum Gasteiger partial charge on any atom is 0.118 e. The van der Waals surface area contributed by atoms with Gasteiger partial charge in [0.1, 0.15) is 5.75 Å². The van der Waals surface area contributed by atoms with Crippen molar-refractivity contribution in [2.45, 2.75) is 45.8 Å². The maximum absolute atomic E-state index is 5.17. The van der Waals surface area contributed by atoms with Crippen molar-refractivity contribution in [2.75, 3.05) is 7.11 Å². The van der Waals surface area contributed by atoms with E-state index in [0.29, 0.717) is 0 Å². The van der Waals surface area contributed by atoms with Gasteiger partial charge in [-0.05, 0) is 44.9 Å². The monoisotopic (exact) mass is 287 g/mol. The fraction of sp³-hybridized carbons (Fsp3) is 0.471. The average molecular weight is 287 g/mol. The first-order chi connectivity index (χ1) is 9.96. The Labute approximate surface area is 127 Å². The third-order valence-electron chi connectivity index (χ3n) is 3.30. The lowest BCUT2D eigenvalue weighted by atomic mass is 10.1. The summed E-state index contributed by atoms with van der Waals surface area (Å²) in [4.78, 5) is 0. The van der Waals surface area contributed by atoms with Gasteiger partial charge in [-0.3, -0.25) is 4.68 Å². The summed E-state index contributed by atoms with van der Waals surface area (Å²) in [7, 11) is 1.69. The van der Waals surface area contributed by atoms with E-state index in [0.717, 1.165) is 25.3 Å². The van der Waals surface area contributed by atoms with Crippen molar-refractivity contribution >= 4 is 0 Å². The third-order valence-corrected chi connectivity index (χ3v) is 3.30. The number of methoxy groups -OCH3 is 1. The first kappa shape index (κ1) is 15.6. The Kier molecular flexibility index (Phi) is 5.02. The zero-order valence-electron chi connectivity index (χ0n) is 13.4. The quantitative estimate of drug-likeness (QED) is 0.887. The second-order valence-electron chi connectivity index (χ2n) is 6.31. The van der Waals surface area contributed by atoms with Crippen LogP contribution in [-0.4, -0.2) is 22.4 Å². The second kappa shape index (κ2) is 6.76. The minimum Gasteiger partial charge on any atom is -0.497 e. The van der Waals surface area contributed by atoms with Crippen molar-refractivity contribution in [2.24, 2.45) is 0 Å². The molecule has 0 spiro atoms. The summed E-state index contributed by atoms with van der Waals surface area (Å²) in [6, 6.07) is 8.20. The summed E-state index contributed by atoms with van der Waals surface area (Å²) in [6.45, 7) is 8.25. The predicted molar refractivity (Wildman–Crippen MR) is 85.5 cm³/mol. The van der Waals surface area contributed by atoms with E-state index in [9.17, 15) is 0 Å². The van der Waals surface area contributed by atoms with Crippen molar-refractivity contribution < 1.29 is 4.74 Å². The Morgan fingerprint density at radius 1 is 1.14 bits per heavy atom. The van der Waals surface area contributed by atoms with E-state index < -0.39 is 0 Å². The molecule has 0 aliphatic carbocycles. The van der Waals surface area contributed by atoms with Gasteiger partial charge in [0.05, 0.1) is 13.3 Å². The molecule has 1 heterocycles. The Bertz CT molecular complexity index is 552. The molecule has 0 radical (unpaired) electrons. The van der Waals surface area contributed by atoms with Gasteiger partial charge in [-0.2, -0.15) is 5.10 Å². The molecule has 21 heavy (non-hydrogen) atoms. The molecule has 4 nitrogen and oxygen atoms in total. The molecule has 0 aliphatic rings. The number of nitrogens with one attached hydrogen (secondary N) is 1. The lowest BCUT2D eigenvalue weighted by molar-refractivity contribution is 0.414. The van der Waals surface area contributed by atoms with Crippen LogP contribution in [0.5, 0.6) is 5.75 Å². The highest BCUT2D eigenvalue weighted by Crippen LogP contribution is 2.12. The van der Waals surface area contributed by atoms with Crippen LogP contribution in [0.1, 0.15) is 31.9 Å². The number of hydrogen-bond acceptors (Lipinski definition) is 3. The van der Waals surface area contributed by atoms with Gasteiger partial charge in [-0.1, -0.05) is 12.1 Å². The number of ether oxygens (including phenoxy) is 1. The van der Waals surface area contributed by atoms with E-state index >= 15 is 0 Å². The van der Waals surface area contributed by atoms with Crippen LogP contribution in [0.4, 0.5) is 0 Å². The Hall–Kier alpha value is -1.81. The van der Waals surface area contributed by atoms with Crippen LogP contribution < -0.4 is 10.1 Å². The van der Waals surface area contributed by atoms with Crippen LogP contribution in [0.25, 0.3) is 0 Å². The van der Waals surface area contributed by atoms with Crippen molar-refractivity contribution in [1.82, 2.24) is 15.1 Å². The van der Waals surface area contributed by atoms with Crippen molar-refractivity contribution in [1.29, 1.82) is 0 Å². The van der Waals surface area contributed by atoms with E-state index in [1.165, 1.54) is 11.1 Å². The number of benzene rings is 1. The fourth-order valence-electron chi connectivity index (χ4n) is 2.02. The number of aryl methyl sites for hydroxylation is 2. The summed E-state index contributed by atoms with van der Waals surface area (Å²) in [5.41, 5.74) is 2.64. The molecule has 0 unspecified atom stereocenters. The SMILES string of the molecule is COc1ccc(CCn2cc(CNC(C)(C)C)cn2)cc1. The standard InChI is InChI=1S/C17H25N3O/c1-17(2,3)18-11-15-12-19-20(13-15)10-9-14-5-7-16(21-4)8-6-14/h5-8,12-13,18H,9-11H2,1-4H3. The molecule has 2 rings (SSSR count). The van der Waals surface area contributed by atoms with Crippen molar-refractivity contribution in [3.8, 4) is 5.75 Å². The van der Waals surface area contributed by atoms with Crippen LogP contribution in [0.3, 0.4) is 0 Å². The van der Waals surface area contributed by atoms with E-state index in [-0.39, 0.29) is 5.54 Å². The number of hydrogen-bond donors (Lipinski definition) is 1. The lowest BCUT2D eigenvalue weighted by Crippen LogP contribution is -2.34. The molecule has 1 aromatic heterocycles. The maximum atomic E-state index is 5.17. The van der Waals surface area contributed by atoms with Gasteiger partial charge in [0.2, 0.25) is 0 Å². The molecule has 0 aliphatic heterocycles. The molecule has 0 saturated carbocycles. The third kappa shape index (κ3) is 5.23. The predicted octanol–water partition coefficient (Wildman–Crippen LogP) is 3.02. The number of aromatic nitrogens is 2.